The lowest BCUT2D eigenvalue weighted by atomic mass is 10.3. The maximum absolute atomic E-state index is 13.0. The number of carbonyl (C=O) groups excluding carboxylic acids is 2. The predicted octanol–water partition coefficient (Wildman–Crippen LogP) is 3.45. The van der Waals surface area contributed by atoms with E-state index in [9.17, 15) is 18.8 Å². The van der Waals surface area contributed by atoms with E-state index < -0.39 is 23.4 Å². The Kier molecular flexibility index (Phi) is 4.72. The number of urea groups is 1. The topological polar surface area (TPSA) is 88.8 Å². The van der Waals surface area contributed by atoms with Gasteiger partial charge in [0.05, 0.1) is 11.8 Å². The minimum absolute atomic E-state index is 0.219. The Morgan fingerprint density at radius 2 is 1.92 bits per heavy atom. The average Bonchev–Trinajstić information content (AvgIpc) is 3.01. The number of thiophene rings is 1. The lowest BCUT2D eigenvalue weighted by molar-refractivity contribution is 0.0596. The Labute approximate surface area is 150 Å². The second-order valence-electron chi connectivity index (χ2n) is 5.24. The highest BCUT2D eigenvalue weighted by Crippen LogP contribution is 2.30. The molecule has 9 heteroatoms. The maximum atomic E-state index is 13.0. The highest BCUT2D eigenvalue weighted by molar-refractivity contribution is 7.22. The zero-order valence-electron chi connectivity index (χ0n) is 13.7. The smallest absolute Gasteiger partial charge is 0.351 e. The number of anilines is 2. The molecule has 1 N–H and O–H groups in total. The Morgan fingerprint density at radius 1 is 1.23 bits per heavy atom. The third-order valence-electron chi connectivity index (χ3n) is 3.58. The van der Waals surface area contributed by atoms with Crippen molar-refractivity contribution in [3.8, 4) is 0 Å². The molecule has 0 aliphatic rings. The second kappa shape index (κ2) is 6.96. The summed E-state index contributed by atoms with van der Waals surface area (Å²) in [7, 11) is 2.70. The Hall–Kier alpha value is -3.20. The highest BCUT2D eigenvalue weighted by Gasteiger charge is 2.17. The molecule has 0 aliphatic heterocycles. The van der Waals surface area contributed by atoms with Gasteiger partial charge in [0.15, 0.2) is 5.58 Å². The SMILES string of the molecule is COC(=O)c1cc2sc(NC(=O)N(C)c3ccc(F)cc3)cc2oc1=O. The van der Waals surface area contributed by atoms with Gasteiger partial charge in [-0.25, -0.2) is 18.8 Å². The number of esters is 1. The number of rotatable bonds is 3. The summed E-state index contributed by atoms with van der Waals surface area (Å²) in [6.45, 7) is 0. The van der Waals surface area contributed by atoms with Gasteiger partial charge in [-0.3, -0.25) is 10.2 Å². The van der Waals surface area contributed by atoms with Crippen LogP contribution in [-0.2, 0) is 4.74 Å². The fraction of sp³-hybridized carbons (Fsp3) is 0.118. The predicted molar refractivity (Wildman–Crippen MR) is 95.5 cm³/mol. The summed E-state index contributed by atoms with van der Waals surface area (Å²) in [5.41, 5.74) is -0.288. The second-order valence-corrected chi connectivity index (χ2v) is 6.33. The zero-order chi connectivity index (χ0) is 18.8. The van der Waals surface area contributed by atoms with Crippen molar-refractivity contribution in [3.63, 3.8) is 0 Å². The van der Waals surface area contributed by atoms with Crippen LogP contribution in [0.15, 0.2) is 45.6 Å². The van der Waals surface area contributed by atoms with Gasteiger partial charge in [-0.15, -0.1) is 11.3 Å². The lowest BCUT2D eigenvalue weighted by Crippen LogP contribution is -2.30. The molecule has 7 nitrogen and oxygen atoms in total. The molecule has 2 aromatic heterocycles. The van der Waals surface area contributed by atoms with Crippen molar-refractivity contribution < 1.29 is 23.1 Å². The van der Waals surface area contributed by atoms with Gasteiger partial charge < -0.3 is 9.15 Å². The van der Waals surface area contributed by atoms with Crippen LogP contribution in [0.4, 0.5) is 19.9 Å². The van der Waals surface area contributed by atoms with E-state index in [1.165, 1.54) is 48.3 Å². The van der Waals surface area contributed by atoms with Crippen LogP contribution in [0.3, 0.4) is 0 Å². The van der Waals surface area contributed by atoms with Crippen LogP contribution >= 0.6 is 11.3 Å². The van der Waals surface area contributed by atoms with Crippen LogP contribution < -0.4 is 15.8 Å². The number of fused-ring (bicyclic) bond motifs is 1. The number of nitrogens with one attached hydrogen (secondary N) is 1. The van der Waals surface area contributed by atoms with Crippen molar-refractivity contribution in [2.75, 3.05) is 24.4 Å². The van der Waals surface area contributed by atoms with Crippen molar-refractivity contribution in [1.29, 1.82) is 0 Å². The molecule has 2 amide bonds. The van der Waals surface area contributed by atoms with Crippen molar-refractivity contribution in [2.45, 2.75) is 0 Å². The van der Waals surface area contributed by atoms with E-state index >= 15 is 0 Å². The number of halogens is 1. The molecule has 1 aromatic carbocycles. The van der Waals surface area contributed by atoms with Crippen LogP contribution in [0.5, 0.6) is 0 Å². The fourth-order valence-electron chi connectivity index (χ4n) is 2.20. The lowest BCUT2D eigenvalue weighted by Gasteiger charge is -2.17. The number of carbonyl (C=O) groups is 2. The third-order valence-corrected chi connectivity index (χ3v) is 4.56. The fourth-order valence-corrected chi connectivity index (χ4v) is 3.12. The normalized spacial score (nSPS) is 10.6. The number of benzene rings is 1. The van der Waals surface area contributed by atoms with Crippen LogP contribution in [-0.4, -0.2) is 26.2 Å². The van der Waals surface area contributed by atoms with Gasteiger partial charge in [0.2, 0.25) is 0 Å². The van der Waals surface area contributed by atoms with Gasteiger partial charge in [0.1, 0.15) is 16.4 Å². The molecule has 3 aromatic rings. The monoisotopic (exact) mass is 376 g/mol. The third kappa shape index (κ3) is 3.42. The molecule has 0 spiro atoms. The Balaban J connectivity index is 1.84. The van der Waals surface area contributed by atoms with Crippen LogP contribution in [0.25, 0.3) is 10.3 Å². The van der Waals surface area contributed by atoms with Crippen LogP contribution in [0.1, 0.15) is 10.4 Å². The summed E-state index contributed by atoms with van der Waals surface area (Å²) in [6.07, 6.45) is 0. The molecule has 0 unspecified atom stereocenters. The summed E-state index contributed by atoms with van der Waals surface area (Å²) >= 11 is 1.13. The quantitative estimate of drug-likeness (QED) is 0.707. The molecular weight excluding hydrogens is 363 g/mol. The molecule has 0 fully saturated rings. The van der Waals surface area contributed by atoms with E-state index in [1.807, 2.05) is 0 Å². The Bertz CT molecular complexity index is 1040. The largest absolute Gasteiger partial charge is 0.465 e. The van der Waals surface area contributed by atoms with Gasteiger partial charge in [0, 0.05) is 18.8 Å². The van der Waals surface area contributed by atoms with E-state index in [0.29, 0.717) is 15.4 Å². The summed E-state index contributed by atoms with van der Waals surface area (Å²) in [5, 5.41) is 3.08. The first-order chi connectivity index (χ1) is 12.4. The number of nitrogens with zero attached hydrogens (tertiary/aromatic N) is 1. The van der Waals surface area contributed by atoms with Crippen LogP contribution in [0, 0.1) is 5.82 Å². The number of hydrogen-bond acceptors (Lipinski definition) is 6. The molecule has 0 bridgehead atoms. The van der Waals surface area contributed by atoms with Crippen molar-refractivity contribution in [2.24, 2.45) is 0 Å². The van der Waals surface area contributed by atoms with E-state index in [0.717, 1.165) is 18.4 Å². The number of ether oxygens (including phenoxy) is 1. The summed E-state index contributed by atoms with van der Waals surface area (Å²) in [5.74, 6) is -1.20. The van der Waals surface area contributed by atoms with Gasteiger partial charge in [-0.05, 0) is 30.3 Å². The molecule has 26 heavy (non-hydrogen) atoms. The highest BCUT2D eigenvalue weighted by atomic mass is 32.1. The van der Waals surface area contributed by atoms with E-state index in [4.69, 9.17) is 4.42 Å². The van der Waals surface area contributed by atoms with E-state index in [2.05, 4.69) is 10.1 Å². The Morgan fingerprint density at radius 3 is 2.58 bits per heavy atom. The average molecular weight is 376 g/mol. The minimum Gasteiger partial charge on any atom is -0.465 e. The zero-order valence-corrected chi connectivity index (χ0v) is 14.6. The first-order valence-corrected chi connectivity index (χ1v) is 8.17. The molecule has 0 radical (unpaired) electrons. The van der Waals surface area contributed by atoms with E-state index in [-0.39, 0.29) is 11.1 Å². The molecule has 3 rings (SSSR count). The molecule has 0 aliphatic carbocycles. The minimum atomic E-state index is -0.816. The summed E-state index contributed by atoms with van der Waals surface area (Å²) in [4.78, 5) is 37.0. The summed E-state index contributed by atoms with van der Waals surface area (Å²) in [6, 6.07) is 7.83. The molecule has 0 saturated carbocycles. The van der Waals surface area contributed by atoms with Crippen molar-refractivity contribution >= 4 is 44.3 Å². The molecule has 134 valence electrons. The van der Waals surface area contributed by atoms with Gasteiger partial charge >= 0.3 is 17.6 Å². The van der Waals surface area contributed by atoms with Gasteiger partial charge in [0.25, 0.3) is 0 Å². The van der Waals surface area contributed by atoms with Crippen LogP contribution in [0.2, 0.25) is 0 Å². The van der Waals surface area contributed by atoms with Gasteiger partial charge in [-0.2, -0.15) is 0 Å². The maximum Gasteiger partial charge on any atom is 0.351 e. The first-order valence-electron chi connectivity index (χ1n) is 7.35. The molecular formula is C17H13FN2O5S. The summed E-state index contributed by atoms with van der Waals surface area (Å²) < 4.78 is 23.1. The molecule has 0 saturated heterocycles. The number of amides is 2. The number of methoxy groups -OCH3 is 1. The van der Waals surface area contributed by atoms with Crippen molar-refractivity contribution in [3.05, 3.63) is 58.2 Å². The standard InChI is InChI=1S/C17H13FN2O5S/c1-20(10-5-3-9(18)4-6-10)17(23)19-14-8-12-13(26-14)7-11(15(21)24-2)16(22)25-12/h3-8H,1-2H3,(H,19,23). The number of hydrogen-bond donors (Lipinski definition) is 1. The molecule has 0 atom stereocenters. The first kappa shape index (κ1) is 17.6. The van der Waals surface area contributed by atoms with E-state index in [1.54, 1.807) is 0 Å². The van der Waals surface area contributed by atoms with Crippen molar-refractivity contribution in [1.82, 2.24) is 0 Å². The van der Waals surface area contributed by atoms with Gasteiger partial charge in [-0.1, -0.05) is 0 Å². The molecule has 2 heterocycles.